The summed E-state index contributed by atoms with van der Waals surface area (Å²) in [5.74, 6) is 1.02. The Bertz CT molecular complexity index is 212. The van der Waals surface area contributed by atoms with Gasteiger partial charge in [-0.15, -0.1) is 0 Å². The zero-order valence-corrected chi connectivity index (χ0v) is 8.74. The molecule has 0 aromatic rings. The highest BCUT2D eigenvalue weighted by molar-refractivity contribution is 5.17. The fraction of sp³-hybridized carbons (Fsp3) is 0.833. The molecular weight excluding hydrogens is 176 g/mol. The largest absolute Gasteiger partial charge is 0.371 e. The Kier molecular flexibility index (Phi) is 3.24. The van der Waals surface area contributed by atoms with Crippen LogP contribution in [-0.4, -0.2) is 18.5 Å². The second-order valence-electron chi connectivity index (χ2n) is 4.61. The van der Waals surface area contributed by atoms with Crippen molar-refractivity contribution < 1.29 is 9.84 Å². The van der Waals surface area contributed by atoms with Gasteiger partial charge in [-0.2, -0.15) is 0 Å². The number of aliphatic hydroxyl groups is 1. The topological polar surface area (TPSA) is 29.5 Å². The Morgan fingerprint density at radius 1 is 1.50 bits per heavy atom. The number of hydrogen-bond acceptors (Lipinski definition) is 2. The summed E-state index contributed by atoms with van der Waals surface area (Å²) in [7, 11) is 0. The van der Waals surface area contributed by atoms with Gasteiger partial charge in [-0.25, -0.2) is 0 Å². The van der Waals surface area contributed by atoms with E-state index < -0.39 is 0 Å². The van der Waals surface area contributed by atoms with E-state index in [1.165, 1.54) is 25.7 Å². The first-order valence-corrected chi connectivity index (χ1v) is 5.74. The zero-order chi connectivity index (χ0) is 9.86. The van der Waals surface area contributed by atoms with Gasteiger partial charge in [-0.05, 0) is 43.4 Å². The summed E-state index contributed by atoms with van der Waals surface area (Å²) in [5.41, 5.74) is 0.637. The van der Waals surface area contributed by atoms with Crippen LogP contribution in [0.4, 0.5) is 0 Å². The molecular formula is C12H20O2. The summed E-state index contributed by atoms with van der Waals surface area (Å²) in [6.45, 7) is 0.535. The number of allylic oxidation sites excluding steroid dienone is 2. The Morgan fingerprint density at radius 3 is 3.07 bits per heavy atom. The Balaban J connectivity index is 1.59. The number of unbranched alkanes of at least 4 members (excludes halogenated alkanes) is 1. The predicted molar refractivity (Wildman–Crippen MR) is 55.8 cm³/mol. The van der Waals surface area contributed by atoms with Crippen LogP contribution in [-0.2, 0) is 4.74 Å². The van der Waals surface area contributed by atoms with Crippen LogP contribution in [0.2, 0.25) is 0 Å². The minimum Gasteiger partial charge on any atom is -0.371 e. The van der Waals surface area contributed by atoms with Crippen molar-refractivity contribution in [3.8, 4) is 0 Å². The first-order valence-electron chi connectivity index (χ1n) is 5.74. The van der Waals surface area contributed by atoms with Gasteiger partial charge in [0.25, 0.3) is 0 Å². The van der Waals surface area contributed by atoms with Crippen LogP contribution in [0.1, 0.15) is 38.5 Å². The zero-order valence-electron chi connectivity index (χ0n) is 8.74. The van der Waals surface area contributed by atoms with Crippen molar-refractivity contribution in [2.75, 3.05) is 13.4 Å². The molecule has 0 aliphatic heterocycles. The lowest BCUT2D eigenvalue weighted by molar-refractivity contribution is -0.00192. The van der Waals surface area contributed by atoms with E-state index in [-0.39, 0.29) is 6.79 Å². The van der Waals surface area contributed by atoms with E-state index in [2.05, 4.69) is 12.2 Å². The van der Waals surface area contributed by atoms with Gasteiger partial charge < -0.3 is 9.84 Å². The van der Waals surface area contributed by atoms with E-state index in [1.807, 2.05) is 0 Å². The molecule has 2 atom stereocenters. The van der Waals surface area contributed by atoms with Gasteiger partial charge >= 0.3 is 0 Å². The molecule has 0 radical (unpaired) electrons. The van der Waals surface area contributed by atoms with Crippen molar-refractivity contribution in [3.63, 3.8) is 0 Å². The third kappa shape index (κ3) is 2.18. The number of aliphatic hydroxyl groups excluding tert-OH is 1. The first-order chi connectivity index (χ1) is 6.87. The Labute approximate surface area is 86.0 Å². The summed E-state index contributed by atoms with van der Waals surface area (Å²) in [4.78, 5) is 0. The highest BCUT2D eigenvalue weighted by Crippen LogP contribution is 2.64. The molecule has 2 aliphatic rings. The molecule has 2 heteroatoms. The van der Waals surface area contributed by atoms with Gasteiger partial charge in [0.15, 0.2) is 0 Å². The van der Waals surface area contributed by atoms with Crippen LogP contribution < -0.4 is 0 Å². The normalized spacial score (nSPS) is 35.1. The van der Waals surface area contributed by atoms with E-state index in [9.17, 15) is 0 Å². The molecule has 2 aliphatic carbocycles. The van der Waals surface area contributed by atoms with Crippen LogP contribution in [0.3, 0.4) is 0 Å². The predicted octanol–water partition coefficient (Wildman–Crippen LogP) is 2.48. The molecule has 0 aromatic heterocycles. The van der Waals surface area contributed by atoms with E-state index in [0.717, 1.165) is 18.8 Å². The Hall–Kier alpha value is -0.340. The van der Waals surface area contributed by atoms with Gasteiger partial charge in [0.1, 0.15) is 6.79 Å². The highest BCUT2D eigenvalue weighted by Gasteiger charge is 2.54. The molecule has 2 saturated carbocycles. The molecule has 1 N–H and O–H groups in total. The minimum atomic E-state index is -0.143. The molecule has 0 amide bonds. The van der Waals surface area contributed by atoms with Crippen LogP contribution in [0.15, 0.2) is 12.2 Å². The quantitative estimate of drug-likeness (QED) is 0.402. The number of fused-ring (bicyclic) bond motifs is 1. The number of ether oxygens (including phenoxy) is 1. The van der Waals surface area contributed by atoms with Crippen LogP contribution in [0.25, 0.3) is 0 Å². The molecule has 80 valence electrons. The van der Waals surface area contributed by atoms with Crippen molar-refractivity contribution in [3.05, 3.63) is 12.2 Å². The molecule has 0 aromatic carbocycles. The van der Waals surface area contributed by atoms with Gasteiger partial charge in [0.2, 0.25) is 0 Å². The van der Waals surface area contributed by atoms with E-state index >= 15 is 0 Å². The molecule has 2 rings (SSSR count). The SMILES string of the molecule is OCOCCC/C=C/C12CCCC1C2. The molecule has 2 nitrogen and oxygen atoms in total. The fourth-order valence-electron chi connectivity index (χ4n) is 2.75. The van der Waals surface area contributed by atoms with Crippen molar-refractivity contribution in [1.82, 2.24) is 0 Å². The van der Waals surface area contributed by atoms with Crippen LogP contribution >= 0.6 is 0 Å². The van der Waals surface area contributed by atoms with Crippen LogP contribution in [0.5, 0.6) is 0 Å². The second-order valence-corrected chi connectivity index (χ2v) is 4.61. The maximum absolute atomic E-state index is 8.40. The molecule has 2 unspecified atom stereocenters. The maximum atomic E-state index is 8.40. The van der Waals surface area contributed by atoms with Crippen molar-refractivity contribution >= 4 is 0 Å². The molecule has 14 heavy (non-hydrogen) atoms. The second kappa shape index (κ2) is 4.45. The molecule has 0 heterocycles. The summed E-state index contributed by atoms with van der Waals surface area (Å²) >= 11 is 0. The van der Waals surface area contributed by atoms with Gasteiger partial charge in [0.05, 0.1) is 0 Å². The van der Waals surface area contributed by atoms with E-state index in [0.29, 0.717) is 12.0 Å². The van der Waals surface area contributed by atoms with Gasteiger partial charge in [-0.3, -0.25) is 0 Å². The van der Waals surface area contributed by atoms with Crippen LogP contribution in [0, 0.1) is 11.3 Å². The molecule has 0 spiro atoms. The van der Waals surface area contributed by atoms with Crippen molar-refractivity contribution in [1.29, 1.82) is 0 Å². The van der Waals surface area contributed by atoms with E-state index in [4.69, 9.17) is 9.84 Å². The summed E-state index contributed by atoms with van der Waals surface area (Å²) in [5, 5.41) is 8.40. The monoisotopic (exact) mass is 196 g/mol. The van der Waals surface area contributed by atoms with Gasteiger partial charge in [0, 0.05) is 6.61 Å². The number of rotatable bonds is 6. The van der Waals surface area contributed by atoms with Crippen molar-refractivity contribution in [2.45, 2.75) is 38.5 Å². The van der Waals surface area contributed by atoms with Gasteiger partial charge in [-0.1, -0.05) is 18.6 Å². The molecule has 2 fully saturated rings. The first kappa shape index (κ1) is 10.2. The fourth-order valence-corrected chi connectivity index (χ4v) is 2.75. The third-order valence-electron chi connectivity index (χ3n) is 3.67. The average Bonchev–Trinajstić information content (AvgIpc) is 2.75. The maximum Gasteiger partial charge on any atom is 0.143 e. The smallest absolute Gasteiger partial charge is 0.143 e. The number of hydrogen-bond donors (Lipinski definition) is 1. The summed E-state index contributed by atoms with van der Waals surface area (Å²) in [6, 6.07) is 0. The highest BCUT2D eigenvalue weighted by atomic mass is 16.6. The van der Waals surface area contributed by atoms with Crippen molar-refractivity contribution in [2.24, 2.45) is 11.3 Å². The average molecular weight is 196 g/mol. The standard InChI is InChI=1S/C12H20O2/c13-10-14-8-3-1-2-6-12-7-4-5-11(12)9-12/h2,6,11,13H,1,3-5,7-10H2/b6-2+. The third-order valence-corrected chi connectivity index (χ3v) is 3.67. The lowest BCUT2D eigenvalue weighted by Crippen LogP contribution is -1.95. The Morgan fingerprint density at radius 2 is 2.43 bits per heavy atom. The lowest BCUT2D eigenvalue weighted by atomic mass is 10.0. The summed E-state index contributed by atoms with van der Waals surface area (Å²) in [6.07, 6.45) is 12.6. The molecule has 0 saturated heterocycles. The molecule has 0 bridgehead atoms. The minimum absolute atomic E-state index is 0.143. The van der Waals surface area contributed by atoms with E-state index in [1.54, 1.807) is 0 Å². The lowest BCUT2D eigenvalue weighted by Gasteiger charge is -2.03. The summed E-state index contributed by atoms with van der Waals surface area (Å²) < 4.78 is 4.86.